The molecule has 0 spiro atoms. The van der Waals surface area contributed by atoms with Gasteiger partial charge < -0.3 is 25.7 Å². The number of aliphatic hydroxyl groups is 2. The van der Waals surface area contributed by atoms with Crippen molar-refractivity contribution in [2.24, 2.45) is 0 Å². The second-order valence-electron chi connectivity index (χ2n) is 8.39. The summed E-state index contributed by atoms with van der Waals surface area (Å²) in [7, 11) is 0. The van der Waals surface area contributed by atoms with Gasteiger partial charge in [-0.1, -0.05) is 41.6 Å². The first-order chi connectivity index (χ1) is 15.1. The van der Waals surface area contributed by atoms with E-state index >= 15 is 0 Å². The standard InChI is InChI=1S/C24H28N4O2S/c1-15-8-9-19-18(11-15)20(26-17-6-4-10-25-13-17)12-22(27-19)28-14-16-5-2-3-7-21(16)31-24(30)23(28)29/h2-3,5,7-9,11-12,17,23-25,29-30H,4,6,10,13-14H2,1H3,(H,26,27). The SMILES string of the molecule is Cc1ccc2nc(N3Cc4ccccc4SC(O)C3O)cc(NC3CCCNC3)c2c1. The number of nitrogens with zero attached hydrogens (tertiary/aromatic N) is 2. The van der Waals surface area contributed by atoms with Crippen LogP contribution in [0, 0.1) is 6.92 Å². The van der Waals surface area contributed by atoms with E-state index in [0.29, 0.717) is 18.4 Å². The Morgan fingerprint density at radius 3 is 2.87 bits per heavy atom. The van der Waals surface area contributed by atoms with E-state index < -0.39 is 11.7 Å². The van der Waals surface area contributed by atoms with E-state index in [1.54, 1.807) is 4.90 Å². The van der Waals surface area contributed by atoms with E-state index in [-0.39, 0.29) is 0 Å². The predicted molar refractivity (Wildman–Crippen MR) is 126 cm³/mol. The van der Waals surface area contributed by atoms with E-state index in [9.17, 15) is 10.2 Å². The Morgan fingerprint density at radius 2 is 2.03 bits per heavy atom. The Kier molecular flexibility index (Phi) is 5.75. The van der Waals surface area contributed by atoms with Gasteiger partial charge in [0.15, 0.2) is 6.23 Å². The number of benzene rings is 2. The van der Waals surface area contributed by atoms with Gasteiger partial charge in [-0.25, -0.2) is 4.98 Å². The largest absolute Gasteiger partial charge is 0.380 e. The number of rotatable bonds is 3. The molecule has 1 aromatic heterocycles. The number of thioether (sulfide) groups is 1. The maximum atomic E-state index is 11.0. The van der Waals surface area contributed by atoms with Crippen LogP contribution < -0.4 is 15.5 Å². The fourth-order valence-electron chi connectivity index (χ4n) is 4.37. The van der Waals surface area contributed by atoms with Crippen molar-refractivity contribution in [3.63, 3.8) is 0 Å². The van der Waals surface area contributed by atoms with Gasteiger partial charge in [0.1, 0.15) is 11.3 Å². The molecule has 1 fully saturated rings. The number of anilines is 2. The third kappa shape index (κ3) is 4.23. The lowest BCUT2D eigenvalue weighted by molar-refractivity contribution is 0.0699. The van der Waals surface area contributed by atoms with Crippen LogP contribution in [0.15, 0.2) is 53.4 Å². The summed E-state index contributed by atoms with van der Waals surface area (Å²) >= 11 is 1.29. The molecule has 0 radical (unpaired) electrons. The molecule has 3 unspecified atom stereocenters. The quantitative estimate of drug-likeness (QED) is 0.501. The minimum Gasteiger partial charge on any atom is -0.380 e. The fourth-order valence-corrected chi connectivity index (χ4v) is 5.34. The summed E-state index contributed by atoms with van der Waals surface area (Å²) in [4.78, 5) is 7.67. The molecule has 3 aromatic rings. The molecule has 31 heavy (non-hydrogen) atoms. The monoisotopic (exact) mass is 436 g/mol. The summed E-state index contributed by atoms with van der Waals surface area (Å²) in [5.41, 5.74) is 3.19. The number of aromatic nitrogens is 1. The molecular formula is C24H28N4O2S. The molecule has 2 aliphatic heterocycles. The van der Waals surface area contributed by atoms with Gasteiger partial charge in [-0.05, 0) is 50.1 Å². The van der Waals surface area contributed by atoms with Crippen LogP contribution in [0.4, 0.5) is 11.5 Å². The number of pyridine rings is 1. The number of hydrogen-bond acceptors (Lipinski definition) is 7. The maximum absolute atomic E-state index is 11.0. The highest BCUT2D eigenvalue weighted by Crippen LogP contribution is 2.37. The molecule has 3 atom stereocenters. The molecule has 0 bridgehead atoms. The number of nitrogens with one attached hydrogen (secondary N) is 2. The van der Waals surface area contributed by atoms with Crippen molar-refractivity contribution in [1.29, 1.82) is 0 Å². The number of fused-ring (bicyclic) bond motifs is 2. The van der Waals surface area contributed by atoms with E-state index in [1.807, 2.05) is 36.4 Å². The zero-order chi connectivity index (χ0) is 21.4. The highest BCUT2D eigenvalue weighted by molar-refractivity contribution is 7.99. The van der Waals surface area contributed by atoms with Gasteiger partial charge in [-0.2, -0.15) is 0 Å². The van der Waals surface area contributed by atoms with Crippen molar-refractivity contribution in [2.45, 2.75) is 48.9 Å². The molecular weight excluding hydrogens is 408 g/mol. The van der Waals surface area contributed by atoms with Gasteiger partial charge in [0.2, 0.25) is 0 Å². The van der Waals surface area contributed by atoms with Crippen LogP contribution >= 0.6 is 11.8 Å². The molecule has 4 N–H and O–H groups in total. The van der Waals surface area contributed by atoms with Gasteiger partial charge in [0.25, 0.3) is 0 Å². The zero-order valence-corrected chi connectivity index (χ0v) is 18.4. The van der Waals surface area contributed by atoms with Gasteiger partial charge in [0.05, 0.1) is 5.52 Å². The second-order valence-corrected chi connectivity index (χ2v) is 9.55. The third-order valence-electron chi connectivity index (χ3n) is 6.04. The Balaban J connectivity index is 1.58. The van der Waals surface area contributed by atoms with E-state index in [1.165, 1.54) is 17.3 Å². The minimum atomic E-state index is -1.06. The Bertz CT molecular complexity index is 1090. The Morgan fingerprint density at radius 1 is 1.16 bits per heavy atom. The second kappa shape index (κ2) is 8.67. The fraction of sp³-hybridized carbons (Fsp3) is 0.375. The van der Waals surface area contributed by atoms with Crippen LogP contribution in [0.5, 0.6) is 0 Å². The third-order valence-corrected chi connectivity index (χ3v) is 7.17. The summed E-state index contributed by atoms with van der Waals surface area (Å²) in [5.74, 6) is 0.659. The molecule has 2 aromatic carbocycles. The molecule has 6 nitrogen and oxygen atoms in total. The van der Waals surface area contributed by atoms with Crippen LogP contribution in [-0.2, 0) is 6.54 Å². The van der Waals surface area contributed by atoms with Crippen LogP contribution in [0.1, 0.15) is 24.0 Å². The average molecular weight is 437 g/mol. The van der Waals surface area contributed by atoms with Crippen molar-refractivity contribution in [3.05, 3.63) is 59.7 Å². The van der Waals surface area contributed by atoms with Crippen LogP contribution in [-0.4, -0.2) is 46.0 Å². The first-order valence-corrected chi connectivity index (χ1v) is 11.7. The van der Waals surface area contributed by atoms with Crippen molar-refractivity contribution in [2.75, 3.05) is 23.3 Å². The van der Waals surface area contributed by atoms with Crippen molar-refractivity contribution in [3.8, 4) is 0 Å². The molecule has 162 valence electrons. The highest BCUT2D eigenvalue weighted by Gasteiger charge is 2.31. The topological polar surface area (TPSA) is 80.7 Å². The van der Waals surface area contributed by atoms with Crippen molar-refractivity contribution in [1.82, 2.24) is 10.3 Å². The smallest absolute Gasteiger partial charge is 0.164 e. The van der Waals surface area contributed by atoms with Gasteiger partial charge in [-0.3, -0.25) is 0 Å². The highest BCUT2D eigenvalue weighted by atomic mass is 32.2. The van der Waals surface area contributed by atoms with Gasteiger partial charge in [-0.15, -0.1) is 0 Å². The summed E-state index contributed by atoms with van der Waals surface area (Å²) in [6, 6.07) is 16.6. The number of aryl methyl sites for hydroxylation is 1. The number of hydrogen-bond donors (Lipinski definition) is 4. The van der Waals surface area contributed by atoms with Crippen LogP contribution in [0.2, 0.25) is 0 Å². The average Bonchev–Trinajstić information content (AvgIpc) is 2.91. The van der Waals surface area contributed by atoms with Gasteiger partial charge in [0, 0.05) is 41.2 Å². The minimum absolute atomic E-state index is 0.351. The zero-order valence-electron chi connectivity index (χ0n) is 17.6. The normalized spacial score (nSPS) is 24.0. The van der Waals surface area contributed by atoms with Gasteiger partial charge >= 0.3 is 0 Å². The van der Waals surface area contributed by atoms with Crippen molar-refractivity contribution < 1.29 is 10.2 Å². The first-order valence-electron chi connectivity index (χ1n) is 10.8. The molecule has 7 heteroatoms. The van der Waals surface area contributed by atoms with Crippen molar-refractivity contribution >= 4 is 34.2 Å². The molecule has 2 aliphatic rings. The predicted octanol–water partition coefficient (Wildman–Crippen LogP) is 3.46. The number of piperidine rings is 1. The lowest BCUT2D eigenvalue weighted by Gasteiger charge is -2.31. The Hall–Kier alpha value is -2.32. The van der Waals surface area contributed by atoms with E-state index in [2.05, 4.69) is 29.7 Å². The van der Waals surface area contributed by atoms with E-state index in [4.69, 9.17) is 4.98 Å². The maximum Gasteiger partial charge on any atom is 0.164 e. The summed E-state index contributed by atoms with van der Waals surface area (Å²) in [6.07, 6.45) is 1.21. The summed E-state index contributed by atoms with van der Waals surface area (Å²) in [6.45, 7) is 4.56. The summed E-state index contributed by atoms with van der Waals surface area (Å²) < 4.78 is 0. The van der Waals surface area contributed by atoms with E-state index in [0.717, 1.165) is 53.0 Å². The molecule has 0 saturated carbocycles. The lowest BCUT2D eigenvalue weighted by atomic mass is 10.1. The Labute approximate surface area is 186 Å². The van der Waals surface area contributed by atoms with Crippen LogP contribution in [0.25, 0.3) is 10.9 Å². The molecule has 3 heterocycles. The number of aliphatic hydroxyl groups excluding tert-OH is 2. The first kappa shape index (κ1) is 20.6. The molecule has 1 saturated heterocycles. The molecule has 0 aliphatic carbocycles. The lowest BCUT2D eigenvalue weighted by Crippen LogP contribution is -2.41. The molecule has 0 amide bonds. The summed E-state index contributed by atoms with van der Waals surface area (Å²) in [5, 5.41) is 29.8. The molecule has 5 rings (SSSR count). The van der Waals surface area contributed by atoms with Crippen LogP contribution in [0.3, 0.4) is 0 Å².